The molecule has 0 aromatic rings. The fourth-order valence-electron chi connectivity index (χ4n) is 7.01. The van der Waals surface area contributed by atoms with Crippen molar-refractivity contribution < 1.29 is 63.1 Å². The normalized spacial score (nSPS) is 22.5. The Morgan fingerprint density at radius 2 is 0.898 bits per heavy atom. The average molecular weight is 863 g/mol. The van der Waals surface area contributed by atoms with E-state index >= 15 is 0 Å². The summed E-state index contributed by atoms with van der Waals surface area (Å²) in [7, 11) is -5.13. The quantitative estimate of drug-likeness (QED) is 0.0149. The molecular formula is C45H83O13P. The molecule has 6 unspecified atom stereocenters. The molecule has 14 heteroatoms. The molecule has 0 radical (unpaired) electrons. The summed E-state index contributed by atoms with van der Waals surface area (Å²) in [6.45, 7) is 3.25. The molecule has 0 saturated heterocycles. The van der Waals surface area contributed by atoms with Gasteiger partial charge in [-0.05, 0) is 51.4 Å². The maximum Gasteiger partial charge on any atom is 0.472 e. The number of allylic oxidation sites excluding steroid dienone is 4. The number of aliphatic hydroxyl groups excluding tert-OH is 5. The van der Waals surface area contributed by atoms with Gasteiger partial charge in [-0.1, -0.05) is 154 Å². The molecule has 1 aliphatic rings. The maximum absolute atomic E-state index is 12.8. The smallest absolute Gasteiger partial charge is 0.462 e. The van der Waals surface area contributed by atoms with Gasteiger partial charge in [0.15, 0.2) is 6.10 Å². The average Bonchev–Trinajstić information content (AvgIpc) is 3.21. The maximum atomic E-state index is 12.8. The van der Waals surface area contributed by atoms with Crippen molar-refractivity contribution in [3.8, 4) is 0 Å². The van der Waals surface area contributed by atoms with E-state index in [2.05, 4.69) is 32.1 Å². The van der Waals surface area contributed by atoms with Crippen LogP contribution in [0.4, 0.5) is 0 Å². The van der Waals surface area contributed by atoms with Gasteiger partial charge in [0.25, 0.3) is 0 Å². The molecule has 59 heavy (non-hydrogen) atoms. The molecule has 0 bridgehead atoms. The van der Waals surface area contributed by atoms with Crippen LogP contribution in [-0.4, -0.2) is 98.3 Å². The molecule has 346 valence electrons. The largest absolute Gasteiger partial charge is 0.472 e. The lowest BCUT2D eigenvalue weighted by atomic mass is 9.85. The first-order valence-corrected chi connectivity index (χ1v) is 24.6. The number of rotatable bonds is 38. The van der Waals surface area contributed by atoms with E-state index in [4.69, 9.17) is 18.5 Å². The summed E-state index contributed by atoms with van der Waals surface area (Å²) in [5.41, 5.74) is 0. The molecule has 1 aliphatic carbocycles. The Morgan fingerprint density at radius 3 is 1.36 bits per heavy atom. The van der Waals surface area contributed by atoms with Crippen molar-refractivity contribution in [3.05, 3.63) is 24.3 Å². The van der Waals surface area contributed by atoms with E-state index in [1.165, 1.54) is 122 Å². The predicted octanol–water partition coefficient (Wildman–Crippen LogP) is 8.84. The Balaban J connectivity index is 2.49. The zero-order valence-electron chi connectivity index (χ0n) is 36.6. The van der Waals surface area contributed by atoms with E-state index in [0.717, 1.165) is 32.1 Å². The molecule has 0 aromatic heterocycles. The minimum atomic E-state index is -5.13. The lowest BCUT2D eigenvalue weighted by Gasteiger charge is -2.41. The Hall–Kier alpha value is -1.67. The lowest BCUT2D eigenvalue weighted by molar-refractivity contribution is -0.220. The minimum absolute atomic E-state index is 0.0618. The second kappa shape index (κ2) is 35.9. The van der Waals surface area contributed by atoms with E-state index in [-0.39, 0.29) is 12.8 Å². The van der Waals surface area contributed by atoms with Gasteiger partial charge in [-0.15, -0.1) is 0 Å². The summed E-state index contributed by atoms with van der Waals surface area (Å²) in [6, 6.07) is 0. The van der Waals surface area contributed by atoms with Crippen LogP contribution in [0, 0.1) is 0 Å². The number of hydrogen-bond donors (Lipinski definition) is 6. The van der Waals surface area contributed by atoms with Crippen molar-refractivity contribution in [1.82, 2.24) is 0 Å². The van der Waals surface area contributed by atoms with Crippen LogP contribution in [0.5, 0.6) is 0 Å². The topological polar surface area (TPSA) is 210 Å². The van der Waals surface area contributed by atoms with Crippen LogP contribution in [0.1, 0.15) is 194 Å². The van der Waals surface area contributed by atoms with Gasteiger partial charge < -0.3 is 39.9 Å². The molecule has 1 fully saturated rings. The second-order valence-corrected chi connectivity index (χ2v) is 17.7. The number of carbonyl (C=O) groups is 2. The first-order valence-electron chi connectivity index (χ1n) is 23.1. The lowest BCUT2D eigenvalue weighted by Crippen LogP contribution is -2.64. The molecule has 13 nitrogen and oxygen atoms in total. The summed E-state index contributed by atoms with van der Waals surface area (Å²) in [6.07, 6.45) is 25.4. The van der Waals surface area contributed by atoms with Crippen molar-refractivity contribution in [3.63, 3.8) is 0 Å². The Labute approximate surface area is 356 Å². The van der Waals surface area contributed by atoms with Crippen LogP contribution in [0.15, 0.2) is 24.3 Å². The molecular weight excluding hydrogens is 779 g/mol. The van der Waals surface area contributed by atoms with Crippen LogP contribution in [0.2, 0.25) is 0 Å². The molecule has 0 aromatic carbocycles. The molecule has 6 N–H and O–H groups in total. The molecule has 1 saturated carbocycles. The Kier molecular flexibility index (Phi) is 33.7. The summed E-state index contributed by atoms with van der Waals surface area (Å²) < 4.78 is 33.4. The Morgan fingerprint density at radius 1 is 0.508 bits per heavy atom. The van der Waals surface area contributed by atoms with Crippen LogP contribution >= 0.6 is 7.82 Å². The number of aliphatic hydroxyl groups is 5. The molecule has 0 aliphatic heterocycles. The zero-order valence-corrected chi connectivity index (χ0v) is 37.4. The van der Waals surface area contributed by atoms with Crippen molar-refractivity contribution in [1.29, 1.82) is 0 Å². The predicted molar refractivity (Wildman–Crippen MR) is 230 cm³/mol. The monoisotopic (exact) mass is 863 g/mol. The van der Waals surface area contributed by atoms with E-state index in [9.17, 15) is 44.6 Å². The van der Waals surface area contributed by atoms with Crippen LogP contribution in [-0.2, 0) is 32.7 Å². The molecule has 1 rings (SSSR count). The summed E-state index contributed by atoms with van der Waals surface area (Å²) >= 11 is 0. The van der Waals surface area contributed by atoms with Crippen molar-refractivity contribution in [2.75, 3.05) is 13.2 Å². The Bertz CT molecular complexity index is 1130. The van der Waals surface area contributed by atoms with E-state index in [1.54, 1.807) is 0 Å². The van der Waals surface area contributed by atoms with Crippen molar-refractivity contribution >= 4 is 19.8 Å². The third kappa shape index (κ3) is 28.5. The van der Waals surface area contributed by atoms with Gasteiger partial charge in [-0.3, -0.25) is 18.6 Å². The highest BCUT2D eigenvalue weighted by Crippen LogP contribution is 2.47. The third-order valence-electron chi connectivity index (χ3n) is 10.8. The fraction of sp³-hybridized carbons (Fsp3) is 0.867. The van der Waals surface area contributed by atoms with Crippen LogP contribution < -0.4 is 0 Å². The van der Waals surface area contributed by atoms with Crippen molar-refractivity contribution in [2.24, 2.45) is 0 Å². The number of ether oxygens (including phenoxy) is 2. The van der Waals surface area contributed by atoms with Gasteiger partial charge in [0.05, 0.1) is 6.61 Å². The van der Waals surface area contributed by atoms with Gasteiger partial charge in [0.1, 0.15) is 43.2 Å². The molecule has 0 amide bonds. The van der Waals surface area contributed by atoms with E-state index < -0.39 is 75.7 Å². The molecule has 0 spiro atoms. The summed E-state index contributed by atoms with van der Waals surface area (Å²) in [5, 5.41) is 50.1. The van der Waals surface area contributed by atoms with Gasteiger partial charge in [0, 0.05) is 12.8 Å². The number of phosphoric acid groups is 1. The zero-order chi connectivity index (χ0) is 43.6. The van der Waals surface area contributed by atoms with Gasteiger partial charge in [-0.25, -0.2) is 4.57 Å². The number of phosphoric ester groups is 1. The number of unbranched alkanes of at least 4 members (excludes halogenated alkanes) is 22. The fourth-order valence-corrected chi connectivity index (χ4v) is 7.98. The standard InChI is InChI=1S/C45H83O13P/c1-3-5-7-9-11-13-15-17-19-21-23-25-27-29-31-33-38(46)55-35-37(36-56-59(53,54)58-45-43(51)41(49)40(48)42(50)44(45)52)57-39(47)34-32-30-28-26-24-22-20-18-16-14-12-10-8-6-4-2/h24,26-27,29,37,40-45,48-52H,3-23,25,28,30-36H2,1-2H3,(H,53,54)/b26-24+,29-27+/t37-,40?,41-,42?,43?,44?,45?/m1/s1. The SMILES string of the molecule is CCCCCCCCCCC/C=C/CCCCC(=O)O[C@H](COC(=O)CC/C=C/CCCCCCCCCCCCC)COP(=O)(O)OC1C(O)C(O)C(O)[C@@H](O)C1O. The number of carbonyl (C=O) groups excluding carboxylic acids is 2. The first kappa shape index (κ1) is 55.3. The van der Waals surface area contributed by atoms with E-state index in [1.807, 2.05) is 6.08 Å². The minimum Gasteiger partial charge on any atom is -0.462 e. The highest BCUT2D eigenvalue weighted by Gasteiger charge is 2.51. The molecule has 0 heterocycles. The van der Waals surface area contributed by atoms with Crippen LogP contribution in [0.25, 0.3) is 0 Å². The summed E-state index contributed by atoms with van der Waals surface area (Å²) in [5.74, 6) is -1.18. The number of esters is 2. The van der Waals surface area contributed by atoms with Gasteiger partial charge >= 0.3 is 19.8 Å². The molecule has 8 atom stereocenters. The van der Waals surface area contributed by atoms with E-state index in [0.29, 0.717) is 12.8 Å². The van der Waals surface area contributed by atoms with Gasteiger partial charge in [-0.2, -0.15) is 0 Å². The number of hydrogen-bond acceptors (Lipinski definition) is 12. The summed E-state index contributed by atoms with van der Waals surface area (Å²) in [4.78, 5) is 35.6. The third-order valence-corrected chi connectivity index (χ3v) is 11.8. The van der Waals surface area contributed by atoms with Crippen molar-refractivity contribution in [2.45, 2.75) is 236 Å². The van der Waals surface area contributed by atoms with Crippen LogP contribution in [0.3, 0.4) is 0 Å². The highest BCUT2D eigenvalue weighted by atomic mass is 31.2. The van der Waals surface area contributed by atoms with Gasteiger partial charge in [0.2, 0.25) is 0 Å². The second-order valence-electron chi connectivity index (χ2n) is 16.3. The highest BCUT2D eigenvalue weighted by molar-refractivity contribution is 7.47. The first-order chi connectivity index (χ1) is 28.4.